The Morgan fingerprint density at radius 2 is 2.04 bits per heavy atom. The van der Waals surface area contributed by atoms with E-state index in [9.17, 15) is 5.11 Å². The second-order valence-electron chi connectivity index (χ2n) is 6.62. The molecule has 4 aliphatic rings. The molecule has 1 aromatic rings. The molecular weight excluding hydrogens is 294 g/mol. The van der Waals surface area contributed by atoms with Crippen molar-refractivity contribution in [2.24, 2.45) is 5.92 Å². The van der Waals surface area contributed by atoms with Gasteiger partial charge in [0.25, 0.3) is 0 Å². The second kappa shape index (κ2) is 4.52. The minimum atomic E-state index is -0.527. The summed E-state index contributed by atoms with van der Waals surface area (Å²) >= 11 is 0. The van der Waals surface area contributed by atoms with Gasteiger partial charge in [0.2, 0.25) is 6.79 Å². The van der Waals surface area contributed by atoms with E-state index in [1.807, 2.05) is 6.07 Å². The van der Waals surface area contributed by atoms with Crippen LogP contribution in [0.3, 0.4) is 0 Å². The Hall–Kier alpha value is -1.98. The molecule has 0 amide bonds. The van der Waals surface area contributed by atoms with Crippen molar-refractivity contribution in [1.82, 2.24) is 4.90 Å². The number of fused-ring (bicyclic) bond motifs is 2. The predicted octanol–water partition coefficient (Wildman–Crippen LogP) is 2.08. The number of hydrogen-bond donors (Lipinski definition) is 1. The lowest BCUT2D eigenvalue weighted by atomic mass is 9.68. The third kappa shape index (κ3) is 1.64. The van der Waals surface area contributed by atoms with Crippen molar-refractivity contribution in [2.45, 2.75) is 24.2 Å². The highest BCUT2D eigenvalue weighted by molar-refractivity contribution is 5.55. The van der Waals surface area contributed by atoms with Crippen molar-refractivity contribution < 1.29 is 19.3 Å². The number of benzene rings is 1. The lowest BCUT2D eigenvalue weighted by Crippen LogP contribution is -2.53. The van der Waals surface area contributed by atoms with Crippen LogP contribution in [0.2, 0.25) is 0 Å². The summed E-state index contributed by atoms with van der Waals surface area (Å²) in [6, 6.07) is 4.00. The van der Waals surface area contributed by atoms with Gasteiger partial charge in [0.05, 0.1) is 17.7 Å². The fraction of sp³-hybridized carbons (Fsp3) is 0.444. The van der Waals surface area contributed by atoms with Gasteiger partial charge < -0.3 is 24.2 Å². The van der Waals surface area contributed by atoms with Gasteiger partial charge in [-0.25, -0.2) is 0 Å². The molecule has 5 rings (SSSR count). The average Bonchev–Trinajstić information content (AvgIpc) is 3.17. The first kappa shape index (κ1) is 13.5. The number of methoxy groups -OCH3 is 1. The van der Waals surface area contributed by atoms with Crippen LogP contribution in [0.15, 0.2) is 36.6 Å². The largest absolute Gasteiger partial charge is 0.454 e. The molecule has 120 valence electrons. The van der Waals surface area contributed by atoms with Crippen LogP contribution in [-0.2, 0) is 10.3 Å². The quantitative estimate of drug-likeness (QED) is 0.805. The van der Waals surface area contributed by atoms with Crippen molar-refractivity contribution in [1.29, 1.82) is 0 Å². The standard InChI is InChI=1S/C18H19NO4/c1-21-12-3-2-11-4-5-19-9-15(20)13-6-16-17(23-10-22-16)7-14(13)18(11,19)8-12/h2-7,11-12,15,20H,8-10H2,1H3/t11-,12+,15+,18-/m1/s1. The summed E-state index contributed by atoms with van der Waals surface area (Å²) in [5.41, 5.74) is 1.87. The van der Waals surface area contributed by atoms with Crippen molar-refractivity contribution in [3.05, 3.63) is 47.7 Å². The van der Waals surface area contributed by atoms with E-state index < -0.39 is 6.10 Å². The minimum Gasteiger partial charge on any atom is -0.454 e. The van der Waals surface area contributed by atoms with E-state index in [1.165, 1.54) is 0 Å². The Labute approximate surface area is 134 Å². The van der Waals surface area contributed by atoms with Gasteiger partial charge in [-0.05, 0) is 29.5 Å². The van der Waals surface area contributed by atoms with Crippen molar-refractivity contribution in [3.63, 3.8) is 0 Å². The van der Waals surface area contributed by atoms with E-state index in [2.05, 4.69) is 35.4 Å². The molecule has 5 heteroatoms. The zero-order chi connectivity index (χ0) is 15.6. The van der Waals surface area contributed by atoms with Gasteiger partial charge in [0.1, 0.15) is 0 Å². The average molecular weight is 313 g/mol. The number of ether oxygens (including phenoxy) is 3. The van der Waals surface area contributed by atoms with Gasteiger partial charge in [-0.3, -0.25) is 0 Å². The number of nitrogens with zero attached hydrogens (tertiary/aromatic N) is 1. The molecule has 0 saturated heterocycles. The normalized spacial score (nSPS) is 35.9. The highest BCUT2D eigenvalue weighted by Gasteiger charge is 2.53. The molecule has 0 unspecified atom stereocenters. The summed E-state index contributed by atoms with van der Waals surface area (Å²) in [4.78, 5) is 2.27. The first-order valence-electron chi connectivity index (χ1n) is 8.00. The summed E-state index contributed by atoms with van der Waals surface area (Å²) in [5.74, 6) is 1.77. The first-order chi connectivity index (χ1) is 11.2. The van der Waals surface area contributed by atoms with E-state index in [1.54, 1.807) is 7.11 Å². The molecule has 1 aromatic carbocycles. The van der Waals surface area contributed by atoms with Crippen LogP contribution >= 0.6 is 0 Å². The van der Waals surface area contributed by atoms with E-state index in [0.29, 0.717) is 6.54 Å². The topological polar surface area (TPSA) is 51.2 Å². The van der Waals surface area contributed by atoms with Crippen LogP contribution in [0.25, 0.3) is 0 Å². The van der Waals surface area contributed by atoms with Crippen LogP contribution in [0.1, 0.15) is 23.7 Å². The fourth-order valence-electron chi connectivity index (χ4n) is 4.50. The summed E-state index contributed by atoms with van der Waals surface area (Å²) in [6.07, 6.45) is 9.10. The van der Waals surface area contributed by atoms with Gasteiger partial charge >= 0.3 is 0 Å². The molecule has 3 heterocycles. The lowest BCUT2D eigenvalue weighted by Gasteiger charge is -2.51. The third-order valence-electron chi connectivity index (χ3n) is 5.63. The smallest absolute Gasteiger partial charge is 0.231 e. The fourth-order valence-corrected chi connectivity index (χ4v) is 4.50. The van der Waals surface area contributed by atoms with Gasteiger partial charge in [0.15, 0.2) is 11.5 Å². The Kier molecular flexibility index (Phi) is 2.65. The Bertz CT molecular complexity index is 728. The van der Waals surface area contributed by atoms with Gasteiger partial charge in [-0.15, -0.1) is 0 Å². The monoisotopic (exact) mass is 313 g/mol. The van der Waals surface area contributed by atoms with Gasteiger partial charge in [-0.2, -0.15) is 0 Å². The van der Waals surface area contributed by atoms with Crippen molar-refractivity contribution >= 4 is 0 Å². The van der Waals surface area contributed by atoms with E-state index in [4.69, 9.17) is 14.2 Å². The maximum atomic E-state index is 10.6. The van der Waals surface area contributed by atoms with E-state index >= 15 is 0 Å². The number of rotatable bonds is 1. The summed E-state index contributed by atoms with van der Waals surface area (Å²) in [6.45, 7) is 0.831. The maximum Gasteiger partial charge on any atom is 0.231 e. The number of aliphatic hydroxyl groups is 1. The molecule has 1 spiro atoms. The summed E-state index contributed by atoms with van der Waals surface area (Å²) < 4.78 is 16.7. The Morgan fingerprint density at radius 3 is 2.87 bits per heavy atom. The molecule has 0 fully saturated rings. The number of hydrogen-bond acceptors (Lipinski definition) is 5. The van der Waals surface area contributed by atoms with E-state index in [0.717, 1.165) is 29.0 Å². The third-order valence-corrected chi connectivity index (χ3v) is 5.63. The second-order valence-corrected chi connectivity index (χ2v) is 6.62. The van der Waals surface area contributed by atoms with Crippen molar-refractivity contribution in [2.75, 3.05) is 20.4 Å². The van der Waals surface area contributed by atoms with E-state index in [-0.39, 0.29) is 24.4 Å². The Balaban J connectivity index is 1.73. The molecule has 0 aromatic heterocycles. The molecule has 3 aliphatic heterocycles. The summed E-state index contributed by atoms with van der Waals surface area (Å²) in [7, 11) is 1.75. The van der Waals surface area contributed by atoms with Crippen molar-refractivity contribution in [3.8, 4) is 11.5 Å². The van der Waals surface area contributed by atoms with Gasteiger partial charge in [-0.1, -0.05) is 18.2 Å². The maximum absolute atomic E-state index is 10.6. The molecule has 1 aliphatic carbocycles. The van der Waals surface area contributed by atoms with Gasteiger partial charge in [0, 0.05) is 26.0 Å². The highest BCUT2D eigenvalue weighted by atomic mass is 16.7. The molecule has 5 nitrogen and oxygen atoms in total. The van der Waals surface area contributed by atoms with Crippen LogP contribution in [0.5, 0.6) is 11.5 Å². The summed E-state index contributed by atoms with van der Waals surface area (Å²) in [5, 5.41) is 10.6. The molecule has 0 bridgehead atoms. The predicted molar refractivity (Wildman–Crippen MR) is 83.1 cm³/mol. The molecule has 1 N–H and O–H groups in total. The zero-order valence-corrected chi connectivity index (χ0v) is 12.9. The molecular formula is C18H19NO4. The SMILES string of the molecule is CO[C@H]1C=C[C@@H]2C=CN3C[C@H](O)c4cc5c(cc4[C@@]23C1)OCO5. The van der Waals surface area contributed by atoms with Crippen LogP contribution in [0.4, 0.5) is 0 Å². The Morgan fingerprint density at radius 1 is 1.22 bits per heavy atom. The minimum absolute atomic E-state index is 0.0714. The molecule has 0 radical (unpaired) electrons. The highest BCUT2D eigenvalue weighted by Crippen LogP contribution is 2.55. The first-order valence-corrected chi connectivity index (χ1v) is 8.00. The van der Waals surface area contributed by atoms with Crippen LogP contribution in [-0.4, -0.2) is 36.6 Å². The van der Waals surface area contributed by atoms with Crippen LogP contribution in [0, 0.1) is 5.92 Å². The molecule has 0 saturated carbocycles. The molecule has 23 heavy (non-hydrogen) atoms. The van der Waals surface area contributed by atoms with Crippen LogP contribution < -0.4 is 9.47 Å². The zero-order valence-electron chi connectivity index (χ0n) is 12.9. The lowest BCUT2D eigenvalue weighted by molar-refractivity contribution is -0.00290. The molecule has 4 atom stereocenters. The number of aliphatic hydroxyl groups excluding tert-OH is 1.